The molecule has 0 fully saturated rings. The van der Waals surface area contributed by atoms with Crippen LogP contribution >= 0.6 is 0 Å². The summed E-state index contributed by atoms with van der Waals surface area (Å²) < 4.78 is 45.6. The molecule has 0 saturated heterocycles. The molecule has 0 unspecified atom stereocenters. The lowest BCUT2D eigenvalue weighted by Gasteiger charge is -2.35. The smallest absolute Gasteiger partial charge is 0.0488 e. The van der Waals surface area contributed by atoms with Crippen LogP contribution in [0.2, 0.25) is 0 Å². The molecule has 0 amide bonds. The first-order chi connectivity index (χ1) is 24.8. The molecule has 0 aromatic carbocycles. The van der Waals surface area contributed by atoms with Crippen LogP contribution in [0, 0.1) is 0 Å². The Morgan fingerprint density at radius 2 is 0.380 bits per heavy atom. The molecule has 14 nitrogen and oxygen atoms in total. The highest BCUT2D eigenvalue weighted by Gasteiger charge is 2.15. The molecular formula is C36H76N2O12. The van der Waals surface area contributed by atoms with E-state index >= 15 is 0 Å². The quantitative estimate of drug-likeness (QED) is 0.0534. The number of aliphatic hydroxyl groups excluding tert-OH is 4. The van der Waals surface area contributed by atoms with Gasteiger partial charge in [0.2, 0.25) is 0 Å². The molecule has 0 aromatic heterocycles. The van der Waals surface area contributed by atoms with Crippen LogP contribution < -0.4 is 0 Å². The minimum atomic E-state index is 0.154. The lowest BCUT2D eigenvalue weighted by Crippen LogP contribution is -2.46. The Bertz CT molecular complexity index is 517. The highest BCUT2D eigenvalue weighted by atomic mass is 16.5. The number of nitrogens with zero attached hydrogens (tertiary/aromatic N) is 2. The molecule has 0 atom stereocenters. The van der Waals surface area contributed by atoms with Gasteiger partial charge in [-0.25, -0.2) is 10.0 Å². The van der Waals surface area contributed by atoms with Crippen molar-refractivity contribution in [1.29, 1.82) is 0 Å². The molecule has 4 N–H and O–H groups in total. The fraction of sp³-hybridized carbons (Fsp3) is 1.00. The summed E-state index contributed by atoms with van der Waals surface area (Å²) in [4.78, 5) is 0. The highest BCUT2D eigenvalue weighted by Crippen LogP contribution is 2.07. The summed E-state index contributed by atoms with van der Waals surface area (Å²) in [5.41, 5.74) is 0. The lowest BCUT2D eigenvalue weighted by atomic mass is 10.3. The van der Waals surface area contributed by atoms with Crippen LogP contribution in [0.5, 0.6) is 0 Å². The molecule has 14 heteroatoms. The van der Waals surface area contributed by atoms with Crippen molar-refractivity contribution in [2.75, 3.05) is 158 Å². The van der Waals surface area contributed by atoms with E-state index in [2.05, 4.69) is 10.0 Å². The Kier molecular flexibility index (Phi) is 44.1. The number of hydrogen-bond donors (Lipinski definition) is 4. The van der Waals surface area contributed by atoms with Crippen LogP contribution in [0.15, 0.2) is 0 Å². The third-order valence-electron chi connectivity index (χ3n) is 7.32. The van der Waals surface area contributed by atoms with E-state index in [1.165, 1.54) is 0 Å². The van der Waals surface area contributed by atoms with Crippen LogP contribution in [0.25, 0.3) is 0 Å². The van der Waals surface area contributed by atoms with Gasteiger partial charge in [0.15, 0.2) is 0 Å². The zero-order chi connectivity index (χ0) is 36.3. The van der Waals surface area contributed by atoms with Crippen molar-refractivity contribution in [1.82, 2.24) is 10.0 Å². The van der Waals surface area contributed by atoms with E-state index in [0.717, 1.165) is 77.5 Å². The van der Waals surface area contributed by atoms with Gasteiger partial charge in [-0.15, -0.1) is 0 Å². The van der Waals surface area contributed by atoms with Crippen LogP contribution in [0.1, 0.15) is 77.0 Å². The van der Waals surface area contributed by atoms with Crippen molar-refractivity contribution in [2.45, 2.75) is 77.0 Å². The molecule has 0 spiro atoms. The van der Waals surface area contributed by atoms with Gasteiger partial charge in [0, 0.05) is 158 Å². The number of aliphatic hydroxyl groups is 4. The van der Waals surface area contributed by atoms with E-state index < -0.39 is 0 Å². The number of hydrazine groups is 1. The van der Waals surface area contributed by atoms with E-state index in [-0.39, 0.29) is 26.4 Å². The Morgan fingerprint density at radius 3 is 0.560 bits per heavy atom. The van der Waals surface area contributed by atoms with Gasteiger partial charge in [-0.05, 0) is 77.0 Å². The summed E-state index contributed by atoms with van der Waals surface area (Å²) in [5.74, 6) is 0. The molecule has 0 aromatic rings. The van der Waals surface area contributed by atoms with Gasteiger partial charge in [-0.1, -0.05) is 0 Å². The van der Waals surface area contributed by atoms with E-state index in [0.29, 0.717) is 131 Å². The minimum absolute atomic E-state index is 0.154. The summed E-state index contributed by atoms with van der Waals surface area (Å²) in [6.45, 7) is 14.4. The van der Waals surface area contributed by atoms with Crippen molar-refractivity contribution >= 4 is 0 Å². The topological polar surface area (TPSA) is 161 Å². The van der Waals surface area contributed by atoms with Crippen LogP contribution in [-0.2, 0) is 37.9 Å². The predicted octanol–water partition coefficient (Wildman–Crippen LogP) is 2.29. The van der Waals surface area contributed by atoms with Gasteiger partial charge in [-0.3, -0.25) is 0 Å². The number of ether oxygens (including phenoxy) is 8. The molecule has 0 aliphatic carbocycles. The SMILES string of the molecule is OCCCOCCCOCCCN(CCCOCCCOCCCO)N(CCCOCCCOCCCO)CCCOCCCOCCCO. The first-order valence-electron chi connectivity index (χ1n) is 19.3. The van der Waals surface area contributed by atoms with Crippen molar-refractivity contribution in [3.05, 3.63) is 0 Å². The summed E-state index contributed by atoms with van der Waals surface area (Å²) in [6.07, 6.45) is 9.67. The molecule has 0 aliphatic heterocycles. The van der Waals surface area contributed by atoms with E-state index in [1.807, 2.05) is 0 Å². The maximum Gasteiger partial charge on any atom is 0.0488 e. The molecule has 302 valence electrons. The summed E-state index contributed by atoms with van der Waals surface area (Å²) in [5, 5.41) is 40.3. The summed E-state index contributed by atoms with van der Waals surface area (Å²) in [6, 6.07) is 0. The van der Waals surface area contributed by atoms with Crippen molar-refractivity contribution in [2.24, 2.45) is 0 Å². The van der Waals surface area contributed by atoms with Gasteiger partial charge >= 0.3 is 0 Å². The van der Waals surface area contributed by atoms with Gasteiger partial charge in [0.25, 0.3) is 0 Å². The molecule has 0 saturated carbocycles. The van der Waals surface area contributed by atoms with Crippen molar-refractivity contribution in [3.8, 4) is 0 Å². The number of hydrogen-bond acceptors (Lipinski definition) is 14. The normalized spacial score (nSPS) is 11.9. The Hall–Kier alpha value is -0.560. The Labute approximate surface area is 303 Å². The van der Waals surface area contributed by atoms with E-state index in [9.17, 15) is 0 Å². The maximum atomic E-state index is 8.87. The van der Waals surface area contributed by atoms with Crippen LogP contribution in [0.3, 0.4) is 0 Å². The lowest BCUT2D eigenvalue weighted by molar-refractivity contribution is -0.0483. The molecule has 50 heavy (non-hydrogen) atoms. The zero-order valence-electron chi connectivity index (χ0n) is 31.4. The summed E-state index contributed by atoms with van der Waals surface area (Å²) in [7, 11) is 0. The second-order valence-corrected chi connectivity index (χ2v) is 11.9. The van der Waals surface area contributed by atoms with Crippen LogP contribution in [0.4, 0.5) is 0 Å². The first kappa shape index (κ1) is 49.4. The predicted molar refractivity (Wildman–Crippen MR) is 193 cm³/mol. The average Bonchev–Trinajstić information content (AvgIpc) is 3.13. The average molecular weight is 729 g/mol. The van der Waals surface area contributed by atoms with Gasteiger partial charge < -0.3 is 58.3 Å². The molecule has 0 rings (SSSR count). The minimum Gasteiger partial charge on any atom is -0.396 e. The molecule has 0 bridgehead atoms. The number of rotatable bonds is 45. The molecular weight excluding hydrogens is 652 g/mol. The second kappa shape index (κ2) is 44.6. The molecule has 0 aliphatic rings. The van der Waals surface area contributed by atoms with Crippen molar-refractivity contribution in [3.63, 3.8) is 0 Å². The van der Waals surface area contributed by atoms with Gasteiger partial charge in [0.1, 0.15) is 0 Å². The second-order valence-electron chi connectivity index (χ2n) is 11.9. The van der Waals surface area contributed by atoms with Gasteiger partial charge in [-0.2, -0.15) is 0 Å². The van der Waals surface area contributed by atoms with Crippen molar-refractivity contribution < 1.29 is 58.3 Å². The Morgan fingerprint density at radius 1 is 0.220 bits per heavy atom. The first-order valence-corrected chi connectivity index (χ1v) is 19.3. The third-order valence-corrected chi connectivity index (χ3v) is 7.32. The van der Waals surface area contributed by atoms with Gasteiger partial charge in [0.05, 0.1) is 0 Å². The standard InChI is InChI=1S/C36H76N2O12/c39-17-5-25-47-33-9-29-43-21-1-13-37(14-2-22-44-30-10-34-48-26-6-18-40)38(15-3-23-45-31-11-35-49-27-7-19-41)16-4-24-46-32-12-36-50-28-8-20-42/h39-42H,1-36H2. The van der Waals surface area contributed by atoms with E-state index in [1.54, 1.807) is 0 Å². The third kappa shape index (κ3) is 38.7. The fourth-order valence-electron chi connectivity index (χ4n) is 4.72. The maximum absolute atomic E-state index is 8.87. The fourth-order valence-corrected chi connectivity index (χ4v) is 4.72. The monoisotopic (exact) mass is 729 g/mol. The molecule has 0 radical (unpaired) electrons. The van der Waals surface area contributed by atoms with E-state index in [4.69, 9.17) is 58.3 Å². The summed E-state index contributed by atoms with van der Waals surface area (Å²) >= 11 is 0. The highest BCUT2D eigenvalue weighted by molar-refractivity contribution is 4.62. The Balaban J connectivity index is 4.81. The largest absolute Gasteiger partial charge is 0.396 e. The zero-order valence-corrected chi connectivity index (χ0v) is 31.4. The molecule has 0 heterocycles. The van der Waals surface area contributed by atoms with Crippen LogP contribution in [-0.4, -0.2) is 189 Å².